The van der Waals surface area contributed by atoms with Crippen molar-refractivity contribution in [1.82, 2.24) is 110 Å². The highest BCUT2D eigenvalue weighted by molar-refractivity contribution is 6.95. The van der Waals surface area contributed by atoms with Crippen molar-refractivity contribution >= 4 is 114 Å². The summed E-state index contributed by atoms with van der Waals surface area (Å²) in [7, 11) is 3.98. The number of hydrogen-bond acceptors (Lipinski definition) is 18. The van der Waals surface area contributed by atoms with E-state index < -0.39 is 0 Å². The smallest absolute Gasteiger partial charge is 0.200 e. The van der Waals surface area contributed by atoms with Crippen LogP contribution in [0.1, 0.15) is 11.6 Å². The Morgan fingerprint density at radius 3 is 0.986 bits per heavy atom. The van der Waals surface area contributed by atoms with Gasteiger partial charge in [-0.15, -0.1) is 0 Å². The Morgan fingerprint density at radius 1 is 0.270 bits per heavy atom. The number of H-pyrrole nitrogens is 4. The third kappa shape index (κ3) is 5.60. The summed E-state index contributed by atoms with van der Waals surface area (Å²) < 4.78 is 0. The molecule has 22 nitrogen and oxygen atoms in total. The zero-order chi connectivity index (χ0) is 48.2. The summed E-state index contributed by atoms with van der Waals surface area (Å²) in [5.74, 6) is 2.87. The van der Waals surface area contributed by atoms with Crippen LogP contribution in [0.2, 0.25) is 0 Å². The van der Waals surface area contributed by atoms with Gasteiger partial charge in [-0.2, -0.15) is 0 Å². The maximum atomic E-state index is 5.30. The molecule has 5 aliphatic heterocycles. The van der Waals surface area contributed by atoms with E-state index in [9.17, 15) is 0 Å². The lowest BCUT2D eigenvalue weighted by atomic mass is 9.44. The maximum Gasteiger partial charge on any atom is 0.200 e. The van der Waals surface area contributed by atoms with Gasteiger partial charge in [0.25, 0.3) is 0 Å². The van der Waals surface area contributed by atoms with E-state index in [1.807, 2.05) is 87.4 Å². The van der Waals surface area contributed by atoms with Crippen molar-refractivity contribution in [3.63, 3.8) is 0 Å². The number of aromatic amines is 4. The molecule has 0 saturated carbocycles. The Bertz CT molecular complexity index is 4660. The van der Waals surface area contributed by atoms with Crippen molar-refractivity contribution in [2.75, 3.05) is 0 Å². The Balaban J connectivity index is 0.962. The molecule has 2 radical (unpaired) electrons. The highest BCUT2D eigenvalue weighted by atomic mass is 15.1. The minimum Gasteiger partial charge on any atom is -0.326 e. The van der Waals surface area contributed by atoms with Crippen molar-refractivity contribution < 1.29 is 0 Å². The fraction of sp³-hybridized carbons (Fsp3) is 0. The topological polar surface area (TPSA) is 295 Å². The number of rotatable bonds is 0. The number of benzene rings is 3. The van der Waals surface area contributed by atoms with Crippen molar-refractivity contribution in [3.8, 4) is 68.8 Å². The van der Waals surface area contributed by atoms with Crippen molar-refractivity contribution in [2.24, 2.45) is 0 Å². The summed E-state index contributed by atoms with van der Waals surface area (Å²) in [6.45, 7) is 0. The van der Waals surface area contributed by atoms with Crippen LogP contribution in [0.4, 0.5) is 0 Å². The molecule has 74 heavy (non-hydrogen) atoms. The molecule has 16 bridgehead atoms. The first-order valence-electron chi connectivity index (χ1n) is 23.1. The highest BCUT2D eigenvalue weighted by Gasteiger charge is 2.34. The molecule has 14 heterocycles. The lowest BCUT2D eigenvalue weighted by Gasteiger charge is -2.13. The summed E-state index contributed by atoms with van der Waals surface area (Å²) in [4.78, 5) is 103. The third-order valence-corrected chi connectivity index (χ3v) is 13.4. The first-order valence-corrected chi connectivity index (χ1v) is 23.1. The summed E-state index contributed by atoms with van der Waals surface area (Å²) in [5, 5.41) is 3.38. The Kier molecular flexibility index (Phi) is 7.60. The normalized spacial score (nSPS) is 13.0. The van der Waals surface area contributed by atoms with Crippen LogP contribution in [-0.2, 0) is 0 Å². The van der Waals surface area contributed by atoms with Gasteiger partial charge in [0.1, 0.15) is 67.7 Å². The van der Waals surface area contributed by atoms with E-state index >= 15 is 0 Å². The van der Waals surface area contributed by atoms with Crippen LogP contribution in [0.25, 0.3) is 158 Å². The number of nitrogens with one attached hydrogen (secondary N) is 4. The molecule has 0 unspecified atom stereocenters. The third-order valence-electron chi connectivity index (χ3n) is 13.4. The van der Waals surface area contributed by atoms with Gasteiger partial charge in [0.05, 0.1) is 0 Å². The van der Waals surface area contributed by atoms with Gasteiger partial charge in [-0.1, -0.05) is 72.8 Å². The zero-order valence-electron chi connectivity index (χ0n) is 37.6. The molecule has 0 amide bonds. The van der Waals surface area contributed by atoms with Crippen LogP contribution in [0.15, 0.2) is 110 Å². The molecule has 12 aromatic rings. The van der Waals surface area contributed by atoms with Gasteiger partial charge in [0, 0.05) is 69.9 Å². The average Bonchev–Trinajstić information content (AvgIpc) is 4.34. The zero-order valence-corrected chi connectivity index (χ0v) is 37.6. The second kappa shape index (κ2) is 14.4. The summed E-state index contributed by atoms with van der Waals surface area (Å²) in [6.07, 6.45) is 9.51. The molecular formula is C50H22B2N22. The van der Waals surface area contributed by atoms with E-state index in [1.165, 1.54) is 0 Å². The van der Waals surface area contributed by atoms with Crippen LogP contribution >= 0.6 is 0 Å². The average molecular weight is 953 g/mol. The molecule has 338 valence electrons. The highest BCUT2D eigenvalue weighted by Crippen LogP contribution is 2.37. The molecule has 3 aromatic carbocycles. The lowest BCUT2D eigenvalue weighted by molar-refractivity contribution is 1.12. The quantitative estimate of drug-likeness (QED) is 0.143. The minimum atomic E-state index is 0.259. The number of nitrogens with zero attached hydrogens (tertiary/aromatic N) is 18. The summed E-state index contributed by atoms with van der Waals surface area (Å²) >= 11 is 0. The maximum absolute atomic E-state index is 5.30. The van der Waals surface area contributed by atoms with Gasteiger partial charge in [-0.05, 0) is 21.9 Å². The molecule has 4 N–H and O–H groups in total. The number of aromatic nitrogens is 22. The predicted octanol–water partition coefficient (Wildman–Crippen LogP) is 5.13. The van der Waals surface area contributed by atoms with Crippen LogP contribution in [0.5, 0.6) is 0 Å². The van der Waals surface area contributed by atoms with Crippen LogP contribution in [0, 0.1) is 0 Å². The van der Waals surface area contributed by atoms with Crippen molar-refractivity contribution in [1.29, 1.82) is 0 Å². The lowest BCUT2D eigenvalue weighted by Crippen LogP contribution is -2.39. The largest absolute Gasteiger partial charge is 0.326 e. The monoisotopic (exact) mass is 952 g/mol. The van der Waals surface area contributed by atoms with Crippen LogP contribution in [-0.4, -0.2) is 124 Å². The van der Waals surface area contributed by atoms with Crippen LogP contribution in [0.3, 0.4) is 0 Å². The molecular weight excluding hydrogens is 930 g/mol. The van der Waals surface area contributed by atoms with E-state index in [1.54, 1.807) is 37.2 Å². The molecule has 0 aliphatic carbocycles. The first kappa shape index (κ1) is 39.0. The summed E-state index contributed by atoms with van der Waals surface area (Å²) in [5.41, 5.74) is 10.8. The molecule has 0 spiro atoms. The van der Waals surface area contributed by atoms with Gasteiger partial charge in [-0.25, -0.2) is 89.7 Å². The van der Waals surface area contributed by atoms with Gasteiger partial charge in [-0.3, -0.25) is 0 Å². The Hall–Kier alpha value is -10.8. The molecule has 9 aromatic heterocycles. The fourth-order valence-corrected chi connectivity index (χ4v) is 10.1. The molecule has 24 heteroatoms. The fourth-order valence-electron chi connectivity index (χ4n) is 10.1. The Labute approximate surface area is 412 Å². The summed E-state index contributed by atoms with van der Waals surface area (Å²) in [6, 6.07) is 23.9. The minimum absolute atomic E-state index is 0.259. The number of fused-ring (bicyclic) bond motifs is 39. The van der Waals surface area contributed by atoms with E-state index in [0.717, 1.165) is 32.7 Å². The van der Waals surface area contributed by atoms with Crippen LogP contribution < -0.4 is 10.9 Å². The van der Waals surface area contributed by atoms with E-state index in [0.29, 0.717) is 124 Å². The standard InChI is InChI=1S/C50H22B2N22/c1-2-8-20-19(7-1)35-59-36(20)61-38-22-10-4-6-12-24(22)40(63-38)65-42-26-25(41(66-42)64-39-23-11-5-3-9-21(23)37(60-35)62-39)51-27-28(52-26)44-67-43(27)68-45-29-31(55-15-13-53-29)47(70-45)72-49-33-34(58-18-17-57-33)50(74-49)73-48-32-30(46(69-44)71-48)54-14-16-56-32/h1-18H,(H2,59,60,61,62,63,64,65,66)(H2,67,68,69,70,71,72,73,74). The number of hydrogen-bond donors (Lipinski definition) is 4. The second-order valence-corrected chi connectivity index (χ2v) is 17.6. The van der Waals surface area contributed by atoms with Gasteiger partial charge in [0.2, 0.25) is 0 Å². The molecule has 0 saturated heterocycles. The molecule has 5 aliphatic rings. The van der Waals surface area contributed by atoms with Crippen molar-refractivity contribution in [3.05, 3.63) is 122 Å². The van der Waals surface area contributed by atoms with Gasteiger partial charge >= 0.3 is 0 Å². The predicted molar refractivity (Wildman–Crippen MR) is 275 cm³/mol. The molecule has 17 rings (SSSR count). The van der Waals surface area contributed by atoms with Crippen molar-refractivity contribution in [2.45, 2.75) is 0 Å². The second-order valence-electron chi connectivity index (χ2n) is 17.6. The molecule has 0 atom stereocenters. The van der Waals surface area contributed by atoms with E-state index in [-0.39, 0.29) is 23.3 Å². The first-order chi connectivity index (χ1) is 36.6. The van der Waals surface area contributed by atoms with E-state index in [2.05, 4.69) is 49.8 Å². The molecule has 0 fully saturated rings. The SMILES string of the molecule is [B]1C2=C([B]c3c1c1nc4nc(nc5[nH]c(nc6nc(nc3[nH]1)-c1nccnc1-6)c1nccnc51)-c1nccnc1-4)c1nc2nc2[nH]c(nc3nc(nc4[nH]c(n1)c1ccccc41)-c1ccccc1-3)c1ccccc21. The Morgan fingerprint density at radius 2 is 0.568 bits per heavy atom. The van der Waals surface area contributed by atoms with Gasteiger partial charge in [0.15, 0.2) is 72.4 Å². The van der Waals surface area contributed by atoms with Gasteiger partial charge < -0.3 is 19.9 Å². The van der Waals surface area contributed by atoms with E-state index in [4.69, 9.17) is 59.8 Å².